The molecule has 1 aromatic heterocycles. The van der Waals surface area contributed by atoms with Gasteiger partial charge in [-0.15, -0.1) is 0 Å². The third-order valence-electron chi connectivity index (χ3n) is 5.49. The van der Waals surface area contributed by atoms with E-state index in [-0.39, 0.29) is 11.9 Å². The molecule has 0 spiro atoms. The third kappa shape index (κ3) is 4.07. The average Bonchev–Trinajstić information content (AvgIpc) is 3.44. The molecule has 29 heavy (non-hydrogen) atoms. The first-order chi connectivity index (χ1) is 14.2. The Kier molecular flexibility index (Phi) is 5.71. The van der Waals surface area contributed by atoms with Crippen molar-refractivity contribution in [1.29, 1.82) is 0 Å². The fourth-order valence-electron chi connectivity index (χ4n) is 3.92. The lowest BCUT2D eigenvalue weighted by Crippen LogP contribution is -2.36. The Hall–Kier alpha value is -2.99. The number of nitrogens with zero attached hydrogens (tertiary/aromatic N) is 1. The van der Waals surface area contributed by atoms with Gasteiger partial charge in [0.15, 0.2) is 17.1 Å². The van der Waals surface area contributed by atoms with Crippen molar-refractivity contribution >= 4 is 16.9 Å². The van der Waals surface area contributed by atoms with Crippen molar-refractivity contribution in [1.82, 2.24) is 10.2 Å². The van der Waals surface area contributed by atoms with Crippen molar-refractivity contribution in [3.8, 4) is 11.5 Å². The van der Waals surface area contributed by atoms with Gasteiger partial charge in [-0.05, 0) is 55.8 Å². The first kappa shape index (κ1) is 19.3. The Bertz CT molecular complexity index is 974. The van der Waals surface area contributed by atoms with E-state index in [4.69, 9.17) is 13.9 Å². The third-order valence-corrected chi connectivity index (χ3v) is 5.49. The van der Waals surface area contributed by atoms with Crippen molar-refractivity contribution < 1.29 is 18.7 Å². The molecule has 1 amide bonds. The average molecular weight is 394 g/mol. The van der Waals surface area contributed by atoms with Gasteiger partial charge in [0.1, 0.15) is 5.75 Å². The van der Waals surface area contributed by atoms with Crippen molar-refractivity contribution in [2.45, 2.75) is 18.9 Å². The molecule has 1 N–H and O–H groups in total. The Labute approximate surface area is 170 Å². The van der Waals surface area contributed by atoms with E-state index in [1.807, 2.05) is 30.3 Å². The number of rotatable bonds is 7. The zero-order valence-corrected chi connectivity index (χ0v) is 16.8. The summed E-state index contributed by atoms with van der Waals surface area (Å²) in [6, 6.07) is 15.5. The van der Waals surface area contributed by atoms with Crippen LogP contribution in [0.5, 0.6) is 11.5 Å². The second kappa shape index (κ2) is 8.57. The summed E-state index contributed by atoms with van der Waals surface area (Å²) in [6.45, 7) is 2.59. The molecule has 0 bridgehead atoms. The summed E-state index contributed by atoms with van der Waals surface area (Å²) in [5.41, 5.74) is 1.76. The van der Waals surface area contributed by atoms with Gasteiger partial charge in [-0.3, -0.25) is 9.69 Å². The fourth-order valence-corrected chi connectivity index (χ4v) is 3.92. The van der Waals surface area contributed by atoms with Crippen molar-refractivity contribution in [2.75, 3.05) is 33.9 Å². The van der Waals surface area contributed by atoms with Crippen LogP contribution in [0.15, 0.2) is 52.9 Å². The normalized spacial score (nSPS) is 15.4. The lowest BCUT2D eigenvalue weighted by molar-refractivity contribution is 0.0912. The molecule has 2 aromatic carbocycles. The Morgan fingerprint density at radius 3 is 2.55 bits per heavy atom. The maximum absolute atomic E-state index is 12.8. The van der Waals surface area contributed by atoms with E-state index in [0.717, 1.165) is 24.2 Å². The number of likely N-dealkylation sites (tertiary alicyclic amines) is 1. The van der Waals surface area contributed by atoms with Crippen LogP contribution >= 0.6 is 0 Å². The van der Waals surface area contributed by atoms with Crippen molar-refractivity contribution in [2.24, 2.45) is 0 Å². The van der Waals surface area contributed by atoms with Gasteiger partial charge in [-0.1, -0.05) is 24.3 Å². The van der Waals surface area contributed by atoms with Crippen LogP contribution in [-0.4, -0.2) is 44.7 Å². The fraction of sp³-hybridized carbons (Fsp3) is 0.348. The molecule has 0 radical (unpaired) electrons. The molecular weight excluding hydrogens is 368 g/mol. The first-order valence-electron chi connectivity index (χ1n) is 9.92. The van der Waals surface area contributed by atoms with E-state index in [9.17, 15) is 4.79 Å². The van der Waals surface area contributed by atoms with E-state index in [1.54, 1.807) is 20.3 Å². The van der Waals surface area contributed by atoms with Crippen LogP contribution < -0.4 is 14.8 Å². The van der Waals surface area contributed by atoms with E-state index < -0.39 is 0 Å². The number of benzene rings is 2. The molecule has 1 aliphatic rings. The van der Waals surface area contributed by atoms with E-state index in [1.165, 1.54) is 18.4 Å². The predicted octanol–water partition coefficient (Wildman–Crippen LogP) is 4.02. The number of ether oxygens (including phenoxy) is 2. The lowest BCUT2D eigenvalue weighted by atomic mass is 10.1. The highest BCUT2D eigenvalue weighted by molar-refractivity contribution is 5.97. The van der Waals surface area contributed by atoms with Crippen LogP contribution in [0.1, 0.15) is 35.0 Å². The number of fused-ring (bicyclic) bond motifs is 1. The smallest absolute Gasteiger partial charge is 0.287 e. The molecule has 1 atom stereocenters. The van der Waals surface area contributed by atoms with Gasteiger partial charge >= 0.3 is 0 Å². The van der Waals surface area contributed by atoms with Crippen molar-refractivity contribution in [3.05, 3.63) is 59.9 Å². The molecule has 2 heterocycles. The minimum atomic E-state index is -0.221. The number of hydrogen-bond acceptors (Lipinski definition) is 5. The monoisotopic (exact) mass is 394 g/mol. The summed E-state index contributed by atoms with van der Waals surface area (Å²) in [6.07, 6.45) is 2.37. The van der Waals surface area contributed by atoms with E-state index in [2.05, 4.69) is 22.3 Å². The largest absolute Gasteiger partial charge is 0.497 e. The number of para-hydroxylation sites is 1. The standard InChI is InChI=1S/C23H26N2O4/c1-27-18-10-8-16(9-11-18)19(25-12-3-4-13-25)15-24-23(26)21-14-17-6-5-7-20(28-2)22(17)29-21/h5-11,14,19H,3-4,12-13,15H2,1-2H3,(H,24,26). The molecule has 6 heteroatoms. The van der Waals surface area contributed by atoms with Gasteiger partial charge in [0.05, 0.1) is 20.3 Å². The predicted molar refractivity (Wildman–Crippen MR) is 112 cm³/mol. The highest BCUT2D eigenvalue weighted by Crippen LogP contribution is 2.29. The molecule has 4 rings (SSSR count). The molecule has 0 aliphatic carbocycles. The van der Waals surface area contributed by atoms with Gasteiger partial charge in [0.25, 0.3) is 5.91 Å². The molecule has 1 fully saturated rings. The number of nitrogens with one attached hydrogen (secondary N) is 1. The van der Waals surface area contributed by atoms with E-state index in [0.29, 0.717) is 23.6 Å². The summed E-state index contributed by atoms with van der Waals surface area (Å²) in [5, 5.41) is 3.90. The number of methoxy groups -OCH3 is 2. The maximum atomic E-state index is 12.8. The Balaban J connectivity index is 1.51. The van der Waals surface area contributed by atoms with Crippen LogP contribution in [0, 0.1) is 0 Å². The van der Waals surface area contributed by atoms with E-state index >= 15 is 0 Å². The summed E-state index contributed by atoms with van der Waals surface area (Å²) < 4.78 is 16.4. The molecule has 1 unspecified atom stereocenters. The minimum Gasteiger partial charge on any atom is -0.497 e. The van der Waals surface area contributed by atoms with Gasteiger partial charge < -0.3 is 19.2 Å². The van der Waals surface area contributed by atoms with Gasteiger partial charge in [-0.2, -0.15) is 0 Å². The maximum Gasteiger partial charge on any atom is 0.287 e. The van der Waals surface area contributed by atoms with Crippen molar-refractivity contribution in [3.63, 3.8) is 0 Å². The molecule has 1 saturated heterocycles. The zero-order valence-electron chi connectivity index (χ0n) is 16.8. The van der Waals surface area contributed by atoms with Crippen LogP contribution in [0.4, 0.5) is 0 Å². The quantitative estimate of drug-likeness (QED) is 0.656. The van der Waals surface area contributed by atoms with Gasteiger partial charge in [0.2, 0.25) is 0 Å². The first-order valence-corrected chi connectivity index (χ1v) is 9.92. The summed E-state index contributed by atoms with van der Waals surface area (Å²) in [5.74, 6) is 1.52. The molecular formula is C23H26N2O4. The van der Waals surface area contributed by atoms with Gasteiger partial charge in [0, 0.05) is 11.9 Å². The number of carbonyl (C=O) groups is 1. The molecule has 152 valence electrons. The summed E-state index contributed by atoms with van der Waals surface area (Å²) >= 11 is 0. The number of amides is 1. The Morgan fingerprint density at radius 1 is 1.10 bits per heavy atom. The second-order valence-corrected chi connectivity index (χ2v) is 7.23. The summed E-state index contributed by atoms with van der Waals surface area (Å²) in [4.78, 5) is 15.2. The minimum absolute atomic E-state index is 0.117. The van der Waals surface area contributed by atoms with Crippen LogP contribution in [-0.2, 0) is 0 Å². The number of furan rings is 1. The van der Waals surface area contributed by atoms with Crippen LogP contribution in [0.25, 0.3) is 11.0 Å². The molecule has 0 saturated carbocycles. The molecule has 1 aliphatic heterocycles. The van der Waals surface area contributed by atoms with Crippen LogP contribution in [0.2, 0.25) is 0 Å². The zero-order chi connectivity index (χ0) is 20.2. The van der Waals surface area contributed by atoms with Gasteiger partial charge in [-0.25, -0.2) is 0 Å². The second-order valence-electron chi connectivity index (χ2n) is 7.23. The molecule has 6 nitrogen and oxygen atoms in total. The van der Waals surface area contributed by atoms with Crippen LogP contribution in [0.3, 0.4) is 0 Å². The number of hydrogen-bond donors (Lipinski definition) is 1. The highest BCUT2D eigenvalue weighted by Gasteiger charge is 2.25. The SMILES string of the molecule is COc1ccc(C(CNC(=O)c2cc3cccc(OC)c3o2)N2CCCC2)cc1. The molecule has 3 aromatic rings. The number of carbonyl (C=O) groups excluding carboxylic acids is 1. The topological polar surface area (TPSA) is 63.9 Å². The lowest BCUT2D eigenvalue weighted by Gasteiger charge is -2.28. The highest BCUT2D eigenvalue weighted by atomic mass is 16.5. The summed E-state index contributed by atoms with van der Waals surface area (Å²) in [7, 11) is 3.25. The Morgan fingerprint density at radius 2 is 1.86 bits per heavy atom.